The second-order valence-electron chi connectivity index (χ2n) is 8.53. The van der Waals surface area contributed by atoms with Crippen LogP contribution in [0, 0.1) is 0 Å². The van der Waals surface area contributed by atoms with E-state index in [1.54, 1.807) is 0 Å². The summed E-state index contributed by atoms with van der Waals surface area (Å²) in [7, 11) is 0. The van der Waals surface area contributed by atoms with Gasteiger partial charge in [-0.3, -0.25) is 9.98 Å². The van der Waals surface area contributed by atoms with Crippen LogP contribution in [0.3, 0.4) is 0 Å². The average Bonchev–Trinajstić information content (AvgIpc) is 2.64. The van der Waals surface area contributed by atoms with Crippen molar-refractivity contribution in [3.63, 3.8) is 0 Å². The molecule has 1 aliphatic heterocycles. The Balaban J connectivity index is 0.00000300. The summed E-state index contributed by atoms with van der Waals surface area (Å²) in [6, 6.07) is 11.2. The standard InChI is InChI=1S/C24H28N2O2.Pt/c1-15-16(2)26-14-24(5,6)20-12-8-10-18(22(20)28)17-9-7-11-19(21(17)27)23(3,4)13-25-15;/h7-14,27-28H,1-6H3;/b16-15-,25-13?,26-14?;. The first-order valence-corrected chi connectivity index (χ1v) is 9.48. The van der Waals surface area contributed by atoms with Gasteiger partial charge in [0.15, 0.2) is 0 Å². The summed E-state index contributed by atoms with van der Waals surface area (Å²) in [6.45, 7) is 11.9. The van der Waals surface area contributed by atoms with Crippen molar-refractivity contribution in [3.05, 3.63) is 58.9 Å². The molecule has 4 bridgehead atoms. The van der Waals surface area contributed by atoms with Gasteiger partial charge in [-0.1, -0.05) is 64.1 Å². The number of aliphatic imine (C=N–C) groups is 2. The van der Waals surface area contributed by atoms with Crippen LogP contribution in [0.1, 0.15) is 52.7 Å². The number of phenolic OH excluding ortho intramolecular Hbond substituents is 2. The molecule has 0 saturated heterocycles. The third-order valence-corrected chi connectivity index (χ3v) is 5.44. The first kappa shape index (κ1) is 23.1. The molecule has 2 N–H and O–H groups in total. The fraction of sp³-hybridized carbons (Fsp3) is 0.333. The number of para-hydroxylation sites is 2. The SMILES string of the molecule is C/C1=C(\C)N=CC(C)(C)c2cccc(c2O)-c2cccc(c2O)C(C)(C)C=N1.[Pt]. The zero-order valence-corrected chi connectivity index (χ0v) is 20.0. The van der Waals surface area contributed by atoms with Crippen molar-refractivity contribution in [2.45, 2.75) is 52.4 Å². The summed E-state index contributed by atoms with van der Waals surface area (Å²) in [5.74, 6) is 0.321. The van der Waals surface area contributed by atoms with E-state index in [1.165, 1.54) is 0 Å². The third-order valence-electron chi connectivity index (χ3n) is 5.44. The molecule has 1 heterocycles. The maximum atomic E-state index is 11.1. The van der Waals surface area contributed by atoms with Gasteiger partial charge in [-0.15, -0.1) is 0 Å². The van der Waals surface area contributed by atoms with Gasteiger partial charge >= 0.3 is 0 Å². The minimum atomic E-state index is -0.498. The van der Waals surface area contributed by atoms with Crippen LogP contribution in [0.5, 0.6) is 11.5 Å². The van der Waals surface area contributed by atoms with E-state index in [4.69, 9.17) is 0 Å². The van der Waals surface area contributed by atoms with Crippen molar-refractivity contribution >= 4 is 12.4 Å². The summed E-state index contributed by atoms with van der Waals surface area (Å²) in [6.07, 6.45) is 3.68. The van der Waals surface area contributed by atoms with Crippen LogP contribution >= 0.6 is 0 Å². The van der Waals surface area contributed by atoms with Gasteiger partial charge in [0.2, 0.25) is 0 Å². The number of allylic oxidation sites excluding steroid dienone is 2. The molecule has 4 nitrogen and oxygen atoms in total. The van der Waals surface area contributed by atoms with Gasteiger partial charge in [0, 0.05) is 66.6 Å². The van der Waals surface area contributed by atoms with E-state index in [9.17, 15) is 10.2 Å². The topological polar surface area (TPSA) is 65.2 Å². The Kier molecular flexibility index (Phi) is 6.59. The van der Waals surface area contributed by atoms with Crippen LogP contribution in [0.4, 0.5) is 0 Å². The third kappa shape index (κ3) is 4.38. The van der Waals surface area contributed by atoms with Crippen LogP contribution in [0.15, 0.2) is 57.8 Å². The zero-order chi connectivity index (χ0) is 20.7. The maximum Gasteiger partial charge on any atom is 0.127 e. The number of hydrogen-bond acceptors (Lipinski definition) is 4. The minimum absolute atomic E-state index is 0. The first-order valence-electron chi connectivity index (χ1n) is 9.48. The first-order chi connectivity index (χ1) is 13.0. The van der Waals surface area contributed by atoms with E-state index in [-0.39, 0.29) is 32.6 Å². The summed E-state index contributed by atoms with van der Waals surface area (Å²) in [4.78, 5) is 9.23. The molecule has 0 aromatic heterocycles. The molecule has 0 spiro atoms. The molecule has 0 amide bonds. The number of fused-ring (bicyclic) bond motifs is 5. The van der Waals surface area contributed by atoms with Crippen molar-refractivity contribution in [2.24, 2.45) is 9.98 Å². The van der Waals surface area contributed by atoms with Crippen molar-refractivity contribution in [1.29, 1.82) is 0 Å². The molecule has 2 aromatic carbocycles. The molecule has 5 heteroatoms. The van der Waals surface area contributed by atoms with Crippen LogP contribution in [-0.2, 0) is 31.9 Å². The number of nitrogens with zero attached hydrogens (tertiary/aromatic N) is 2. The van der Waals surface area contributed by atoms with Gasteiger partial charge in [-0.25, -0.2) is 0 Å². The number of aromatic hydroxyl groups is 2. The normalized spacial score (nSPS) is 19.9. The maximum absolute atomic E-state index is 11.1. The van der Waals surface area contributed by atoms with Crippen LogP contribution in [0.25, 0.3) is 11.1 Å². The molecular formula is C24H28N2O2Pt. The van der Waals surface area contributed by atoms with Crippen molar-refractivity contribution < 1.29 is 31.3 Å². The fourth-order valence-electron chi connectivity index (χ4n) is 3.40. The molecule has 0 fully saturated rings. The Hall–Kier alpha value is -2.19. The Morgan fingerprint density at radius 1 is 0.655 bits per heavy atom. The van der Waals surface area contributed by atoms with E-state index in [2.05, 4.69) is 9.98 Å². The number of rotatable bonds is 0. The Bertz CT molecular complexity index is 936. The number of benzene rings is 2. The molecule has 0 atom stereocenters. The molecule has 156 valence electrons. The summed E-state index contributed by atoms with van der Waals surface area (Å²) in [5, 5.41) is 22.1. The van der Waals surface area contributed by atoms with E-state index >= 15 is 0 Å². The smallest absolute Gasteiger partial charge is 0.127 e. The Morgan fingerprint density at radius 2 is 1.00 bits per heavy atom. The average molecular weight is 572 g/mol. The Morgan fingerprint density at radius 3 is 1.34 bits per heavy atom. The van der Waals surface area contributed by atoms with Crippen molar-refractivity contribution in [3.8, 4) is 22.6 Å². The number of phenols is 2. The molecule has 1 aliphatic rings. The van der Waals surface area contributed by atoms with Crippen molar-refractivity contribution in [2.75, 3.05) is 0 Å². The van der Waals surface area contributed by atoms with E-state index in [0.717, 1.165) is 22.5 Å². The molecule has 0 aliphatic carbocycles. The zero-order valence-electron chi connectivity index (χ0n) is 17.7. The van der Waals surface area contributed by atoms with Gasteiger partial charge in [-0.2, -0.15) is 0 Å². The predicted molar refractivity (Wildman–Crippen MR) is 117 cm³/mol. The summed E-state index contributed by atoms with van der Waals surface area (Å²) >= 11 is 0. The summed E-state index contributed by atoms with van der Waals surface area (Å²) < 4.78 is 0. The molecule has 2 aromatic rings. The molecule has 3 rings (SSSR count). The van der Waals surface area contributed by atoms with Gasteiger partial charge in [0.05, 0.1) is 11.4 Å². The minimum Gasteiger partial charge on any atom is -0.507 e. The molecule has 0 unspecified atom stereocenters. The summed E-state index contributed by atoms with van der Waals surface area (Å²) in [5.41, 5.74) is 3.34. The number of hydrogen-bond donors (Lipinski definition) is 2. The van der Waals surface area contributed by atoms with Gasteiger partial charge in [-0.05, 0) is 13.8 Å². The molecular weight excluding hydrogens is 543 g/mol. The molecule has 0 saturated carbocycles. The van der Waals surface area contributed by atoms with Crippen LogP contribution in [-0.4, -0.2) is 22.6 Å². The monoisotopic (exact) mass is 571 g/mol. The molecule has 0 radical (unpaired) electrons. The van der Waals surface area contributed by atoms with Gasteiger partial charge in [0.25, 0.3) is 0 Å². The van der Waals surface area contributed by atoms with Crippen LogP contribution in [0.2, 0.25) is 0 Å². The Labute approximate surface area is 187 Å². The molecule has 29 heavy (non-hydrogen) atoms. The quantitative estimate of drug-likeness (QED) is 0.425. The van der Waals surface area contributed by atoms with Crippen LogP contribution < -0.4 is 0 Å². The van der Waals surface area contributed by atoms with E-state index in [0.29, 0.717) is 11.1 Å². The van der Waals surface area contributed by atoms with Gasteiger partial charge in [0.1, 0.15) is 11.5 Å². The van der Waals surface area contributed by atoms with Crippen molar-refractivity contribution in [1.82, 2.24) is 0 Å². The predicted octanol–water partition coefficient (Wildman–Crippen LogP) is 5.72. The second-order valence-corrected chi connectivity index (χ2v) is 8.53. The fourth-order valence-corrected chi connectivity index (χ4v) is 3.40. The van der Waals surface area contributed by atoms with Gasteiger partial charge < -0.3 is 10.2 Å². The second kappa shape index (κ2) is 8.28. The largest absolute Gasteiger partial charge is 0.507 e. The van der Waals surface area contributed by atoms with E-state index < -0.39 is 10.8 Å². The van der Waals surface area contributed by atoms with E-state index in [1.807, 2.05) is 90.4 Å².